The van der Waals surface area contributed by atoms with Crippen molar-refractivity contribution in [1.82, 2.24) is 0 Å². The van der Waals surface area contributed by atoms with Crippen LogP contribution in [0.3, 0.4) is 0 Å². The van der Waals surface area contributed by atoms with Crippen LogP contribution in [0, 0.1) is 0 Å². The average molecular weight is 996 g/mol. The summed E-state index contributed by atoms with van der Waals surface area (Å²) in [5, 5.41) is 1.90. The number of carbonyl (C=O) groups excluding carboxylic acids is 4. The zero-order valence-corrected chi connectivity index (χ0v) is 33.0. The number of halogens is 6. The molecule has 10 heteroatoms. The highest BCUT2D eigenvalue weighted by atomic mass is 79.9. The number of rotatable bonds is 2. The summed E-state index contributed by atoms with van der Waals surface area (Å²) < 4.78 is 2.38. The van der Waals surface area contributed by atoms with Gasteiger partial charge in [-0.2, -0.15) is 0 Å². The van der Waals surface area contributed by atoms with E-state index in [4.69, 9.17) is 0 Å². The third kappa shape index (κ3) is 7.69. The normalized spacial score (nSPS) is 13.0. The molecule has 230 valence electrons. The van der Waals surface area contributed by atoms with Crippen molar-refractivity contribution in [2.45, 2.75) is 7.47 Å². The largest absolute Gasteiger partial charge is 0.289 e. The molecule has 0 fully saturated rings. The average Bonchev–Trinajstić information content (AvgIpc) is 3.05. The zero-order valence-electron chi connectivity index (χ0n) is 23.4. The molecule has 0 radical (unpaired) electrons. The number of benzene rings is 5. The van der Waals surface area contributed by atoms with E-state index >= 15 is 0 Å². The Labute approximate surface area is 315 Å². The van der Waals surface area contributed by atoms with Gasteiger partial charge in [0.05, 0.1) is 7.47 Å². The number of alkyl halides is 4. The Balaban J connectivity index is 0.000000145. The molecule has 0 atom stereocenters. The smallest absolute Gasteiger partial charge is 0.194 e. The van der Waals surface area contributed by atoms with Crippen LogP contribution < -0.4 is 0 Å². The first-order valence-electron chi connectivity index (χ1n) is 13.6. The van der Waals surface area contributed by atoms with Gasteiger partial charge in [0.1, 0.15) is 0 Å². The van der Waals surface area contributed by atoms with Crippen molar-refractivity contribution in [3.8, 4) is 0 Å². The molecule has 0 aromatic heterocycles. The van der Waals surface area contributed by atoms with Gasteiger partial charge in [0.15, 0.2) is 23.1 Å². The lowest BCUT2D eigenvalue weighted by atomic mass is 9.83. The summed E-state index contributed by atoms with van der Waals surface area (Å²) in [6.07, 6.45) is 2.62. The summed E-state index contributed by atoms with van der Waals surface area (Å²) in [5.41, 5.74) is 5.39. The molecule has 0 N–H and O–H groups in total. The predicted molar refractivity (Wildman–Crippen MR) is 205 cm³/mol. The summed E-state index contributed by atoms with van der Waals surface area (Å²) >= 11 is 20.8. The van der Waals surface area contributed by atoms with E-state index in [0.29, 0.717) is 33.4 Å². The Morgan fingerprint density at radius 3 is 1.35 bits per heavy atom. The molecule has 2 aliphatic rings. The monoisotopic (exact) mass is 990 g/mol. The van der Waals surface area contributed by atoms with E-state index < -0.39 is 0 Å². The molecule has 2 aliphatic carbocycles. The van der Waals surface area contributed by atoms with Crippen LogP contribution in [-0.4, -0.2) is 23.1 Å². The lowest BCUT2D eigenvalue weighted by Crippen LogP contribution is -2.20. The van der Waals surface area contributed by atoms with Crippen molar-refractivity contribution in [3.63, 3.8) is 0 Å². The second-order valence-electron chi connectivity index (χ2n) is 10.1. The molecule has 5 aromatic rings. The van der Waals surface area contributed by atoms with Gasteiger partial charge in [0.25, 0.3) is 0 Å². The van der Waals surface area contributed by atoms with E-state index in [-0.39, 0.29) is 30.6 Å². The van der Waals surface area contributed by atoms with Crippen molar-refractivity contribution in [2.75, 3.05) is 0 Å². The van der Waals surface area contributed by atoms with Gasteiger partial charge >= 0.3 is 0 Å². The van der Waals surface area contributed by atoms with Gasteiger partial charge in [0, 0.05) is 42.3 Å². The van der Waals surface area contributed by atoms with Gasteiger partial charge in [-0.1, -0.05) is 156 Å². The Morgan fingerprint density at radius 2 is 0.848 bits per heavy atom. The Morgan fingerprint density at radius 1 is 0.413 bits per heavy atom. The van der Waals surface area contributed by atoms with Gasteiger partial charge < -0.3 is 0 Å². The number of carbonyl (C=O) groups is 4. The highest BCUT2D eigenvalue weighted by Crippen LogP contribution is 2.40. The first-order chi connectivity index (χ1) is 22.0. The molecule has 0 saturated heterocycles. The van der Waals surface area contributed by atoms with E-state index in [2.05, 4.69) is 108 Å². The molecular weight excluding hydrogens is 976 g/mol. The molecule has 0 amide bonds. The SMILES string of the molecule is Brc1ccc(C(Br)Br)c(C(Br)Br)c1.O=C1C=CC(=O)c2ccccc21.O=C1c2ccccc2C(=O)c2cc3cc(Br)ccc3cc21. The fourth-order valence-electron chi connectivity index (χ4n) is 4.99. The van der Waals surface area contributed by atoms with Crippen molar-refractivity contribution < 1.29 is 19.2 Å². The van der Waals surface area contributed by atoms with Gasteiger partial charge in [-0.3, -0.25) is 19.2 Å². The van der Waals surface area contributed by atoms with Crippen LogP contribution in [0.2, 0.25) is 0 Å². The second kappa shape index (κ2) is 15.3. The van der Waals surface area contributed by atoms with Crippen molar-refractivity contribution in [3.05, 3.63) is 163 Å². The molecule has 0 aliphatic heterocycles. The molecule has 0 spiro atoms. The van der Waals surface area contributed by atoms with Gasteiger partial charge in [0.2, 0.25) is 0 Å². The van der Waals surface area contributed by atoms with Crippen molar-refractivity contribution in [2.24, 2.45) is 0 Å². The topological polar surface area (TPSA) is 68.3 Å². The second-order valence-corrected chi connectivity index (χ2v) is 18.0. The van der Waals surface area contributed by atoms with E-state index in [1.807, 2.05) is 36.4 Å². The molecule has 7 rings (SSSR count). The van der Waals surface area contributed by atoms with Crippen LogP contribution in [0.15, 0.2) is 118 Å². The fraction of sp³-hybridized carbons (Fsp3) is 0.0556. The number of allylic oxidation sites excluding steroid dienone is 2. The maximum atomic E-state index is 12.6. The summed E-state index contributed by atoms with van der Waals surface area (Å²) in [5.74, 6) is -0.345. The third-order valence-electron chi connectivity index (χ3n) is 7.21. The lowest BCUT2D eigenvalue weighted by molar-refractivity contribution is 0.0979. The molecule has 0 heterocycles. The van der Waals surface area contributed by atoms with E-state index in [0.717, 1.165) is 19.7 Å². The lowest BCUT2D eigenvalue weighted by Gasteiger charge is -2.18. The van der Waals surface area contributed by atoms with E-state index in [1.165, 1.54) is 23.3 Å². The summed E-state index contributed by atoms with van der Waals surface area (Å²) in [4.78, 5) is 47.6. The molecule has 46 heavy (non-hydrogen) atoms. The van der Waals surface area contributed by atoms with Crippen LogP contribution in [0.4, 0.5) is 0 Å². The van der Waals surface area contributed by atoms with Crippen LogP contribution in [0.1, 0.15) is 71.2 Å². The number of hydrogen-bond donors (Lipinski definition) is 0. The van der Waals surface area contributed by atoms with Gasteiger partial charge in [-0.15, -0.1) is 0 Å². The first-order valence-corrected chi connectivity index (χ1v) is 18.8. The van der Waals surface area contributed by atoms with Crippen molar-refractivity contribution in [1.29, 1.82) is 0 Å². The van der Waals surface area contributed by atoms with Gasteiger partial charge in [-0.05, 0) is 70.4 Å². The number of fused-ring (bicyclic) bond motifs is 4. The van der Waals surface area contributed by atoms with Crippen molar-refractivity contribution >= 4 is 129 Å². The standard InChI is InChI=1S/C18H9BrO2.C10H6O2.C8H5Br5/c19-12-6-5-10-8-15-16(9-11(10)7-12)18(21)14-4-2-1-3-13(14)17(15)20;11-9-5-6-10(12)8-4-2-1-3-7(8)9;9-4-1-2-5(7(10)11)6(3-4)8(12)13/h1-9H;1-6H;1-3,7-8H. The zero-order chi connectivity index (χ0) is 33.1. The minimum absolute atomic E-state index is 0.0787. The van der Waals surface area contributed by atoms with Crippen LogP contribution in [0.25, 0.3) is 10.8 Å². The molecule has 0 saturated carbocycles. The molecule has 0 bridgehead atoms. The minimum atomic E-state index is -0.0924. The molecular formula is C36H20Br6O4. The Hall–Kier alpha value is -2.34. The third-order valence-corrected chi connectivity index (χ3v) is 10.2. The Bertz CT molecular complexity index is 2030. The van der Waals surface area contributed by atoms with Crippen LogP contribution >= 0.6 is 95.6 Å². The van der Waals surface area contributed by atoms with E-state index in [1.54, 1.807) is 48.5 Å². The van der Waals surface area contributed by atoms with Crippen LogP contribution in [0.5, 0.6) is 0 Å². The summed E-state index contributed by atoms with van der Waals surface area (Å²) in [6.45, 7) is 0. The summed E-state index contributed by atoms with van der Waals surface area (Å²) in [6, 6.07) is 29.5. The molecule has 0 unspecified atom stereocenters. The molecule has 4 nitrogen and oxygen atoms in total. The number of hydrogen-bond acceptors (Lipinski definition) is 4. The molecule has 5 aromatic carbocycles. The minimum Gasteiger partial charge on any atom is -0.289 e. The highest BCUT2D eigenvalue weighted by molar-refractivity contribution is 9.24. The van der Waals surface area contributed by atoms with Crippen LogP contribution in [-0.2, 0) is 0 Å². The highest BCUT2D eigenvalue weighted by Gasteiger charge is 2.29. The Kier molecular flexibility index (Phi) is 11.6. The summed E-state index contributed by atoms with van der Waals surface area (Å²) in [7, 11) is 0. The quantitative estimate of drug-likeness (QED) is 0.162. The first kappa shape index (κ1) is 35.0. The van der Waals surface area contributed by atoms with E-state index in [9.17, 15) is 19.2 Å². The predicted octanol–water partition coefficient (Wildman–Crippen LogP) is 12.0. The maximum absolute atomic E-state index is 12.6. The number of ketones is 4. The maximum Gasteiger partial charge on any atom is 0.194 e. The van der Waals surface area contributed by atoms with Gasteiger partial charge in [-0.25, -0.2) is 0 Å². The fourth-order valence-corrected chi connectivity index (χ4v) is 7.38.